The van der Waals surface area contributed by atoms with Crippen molar-refractivity contribution < 1.29 is 0 Å². The molecule has 4 N–H and O–H groups in total. The first kappa shape index (κ1) is 11.1. The van der Waals surface area contributed by atoms with E-state index in [2.05, 4.69) is 26.0 Å². The van der Waals surface area contributed by atoms with Crippen LogP contribution in [-0.4, -0.2) is 0 Å². The van der Waals surface area contributed by atoms with Crippen LogP contribution < -0.4 is 11.5 Å². The molecule has 0 radical (unpaired) electrons. The van der Waals surface area contributed by atoms with Crippen molar-refractivity contribution in [1.82, 2.24) is 0 Å². The Labute approximate surface area is 97.4 Å². The van der Waals surface area contributed by atoms with E-state index in [1.165, 1.54) is 16.7 Å². The van der Waals surface area contributed by atoms with Gasteiger partial charge in [0.15, 0.2) is 0 Å². The Balaban J connectivity index is 2.35. The fourth-order valence-electron chi connectivity index (χ4n) is 2.57. The fourth-order valence-corrected chi connectivity index (χ4v) is 2.57. The van der Waals surface area contributed by atoms with E-state index in [4.69, 9.17) is 11.5 Å². The number of allylic oxidation sites excluding steroid dienone is 8. The lowest BCUT2D eigenvalue weighted by molar-refractivity contribution is 0.651. The second-order valence-corrected chi connectivity index (χ2v) is 4.85. The minimum atomic E-state index is 0.530. The molecule has 2 nitrogen and oxygen atoms in total. The smallest absolute Gasteiger partial charge is 0.00865 e. The second-order valence-electron chi connectivity index (χ2n) is 4.85. The molecule has 0 aromatic carbocycles. The normalized spacial score (nSPS) is 26.1. The predicted octanol–water partition coefficient (Wildman–Crippen LogP) is 2.75. The maximum absolute atomic E-state index is 5.85. The predicted molar refractivity (Wildman–Crippen MR) is 68.3 cm³/mol. The van der Waals surface area contributed by atoms with Gasteiger partial charge in [0.2, 0.25) is 0 Å². The van der Waals surface area contributed by atoms with Crippen molar-refractivity contribution in [2.24, 2.45) is 17.4 Å². The Morgan fingerprint density at radius 3 is 2.50 bits per heavy atom. The van der Waals surface area contributed by atoms with Gasteiger partial charge in [0.25, 0.3) is 0 Å². The highest BCUT2D eigenvalue weighted by Crippen LogP contribution is 2.35. The van der Waals surface area contributed by atoms with Crippen LogP contribution in [0, 0.1) is 5.92 Å². The second kappa shape index (κ2) is 4.20. The largest absolute Gasteiger partial charge is 0.402 e. The quantitative estimate of drug-likeness (QED) is 0.708. The van der Waals surface area contributed by atoms with Gasteiger partial charge in [0, 0.05) is 11.4 Å². The Bertz CT molecular complexity index is 422. The van der Waals surface area contributed by atoms with Gasteiger partial charge in [0.1, 0.15) is 0 Å². The van der Waals surface area contributed by atoms with E-state index >= 15 is 0 Å². The molecule has 1 atom stereocenters. The third-order valence-electron chi connectivity index (χ3n) is 3.44. The summed E-state index contributed by atoms with van der Waals surface area (Å²) in [6, 6.07) is 0. The number of rotatable bonds is 1. The molecule has 0 amide bonds. The molecular weight excluding hydrogens is 196 g/mol. The maximum Gasteiger partial charge on any atom is 0.00865 e. The number of hydrogen-bond acceptors (Lipinski definition) is 2. The summed E-state index contributed by atoms with van der Waals surface area (Å²) in [5, 5.41) is 0. The van der Waals surface area contributed by atoms with Crippen LogP contribution in [0.5, 0.6) is 0 Å². The van der Waals surface area contributed by atoms with Gasteiger partial charge in [-0.2, -0.15) is 0 Å². The first-order valence-electron chi connectivity index (χ1n) is 5.90. The first-order chi connectivity index (χ1) is 7.58. The summed E-state index contributed by atoms with van der Waals surface area (Å²) in [7, 11) is 0. The molecule has 2 aliphatic rings. The van der Waals surface area contributed by atoms with E-state index in [1.54, 1.807) is 0 Å². The molecular formula is C14H20N2. The topological polar surface area (TPSA) is 52.0 Å². The molecule has 2 heteroatoms. The third-order valence-corrected chi connectivity index (χ3v) is 3.44. The SMILES string of the molecule is CC1=C(C2=CC=C(N)CC2C)CCC(N)=C1. The van der Waals surface area contributed by atoms with Gasteiger partial charge < -0.3 is 11.5 Å². The number of hydrogen-bond donors (Lipinski definition) is 2. The van der Waals surface area contributed by atoms with Gasteiger partial charge in [-0.05, 0) is 61.0 Å². The molecule has 0 bridgehead atoms. The molecule has 86 valence electrons. The van der Waals surface area contributed by atoms with E-state index in [0.717, 1.165) is 30.7 Å². The van der Waals surface area contributed by atoms with Crippen molar-refractivity contribution in [2.45, 2.75) is 33.1 Å². The van der Waals surface area contributed by atoms with Gasteiger partial charge in [0.05, 0.1) is 0 Å². The van der Waals surface area contributed by atoms with Gasteiger partial charge in [-0.15, -0.1) is 0 Å². The van der Waals surface area contributed by atoms with Gasteiger partial charge in [-0.1, -0.05) is 13.0 Å². The highest BCUT2D eigenvalue weighted by atomic mass is 14.6. The average molecular weight is 216 g/mol. The zero-order valence-electron chi connectivity index (χ0n) is 10.1. The van der Waals surface area contributed by atoms with Crippen LogP contribution in [0.25, 0.3) is 0 Å². The molecule has 1 unspecified atom stereocenters. The average Bonchev–Trinajstić information content (AvgIpc) is 2.19. The summed E-state index contributed by atoms with van der Waals surface area (Å²) < 4.78 is 0. The monoisotopic (exact) mass is 216 g/mol. The van der Waals surface area contributed by atoms with Gasteiger partial charge in [-0.25, -0.2) is 0 Å². The van der Waals surface area contributed by atoms with Crippen LogP contribution >= 0.6 is 0 Å². The Hall–Kier alpha value is -1.44. The molecule has 0 saturated heterocycles. The van der Waals surface area contributed by atoms with Crippen molar-refractivity contribution >= 4 is 0 Å². The molecule has 2 aliphatic carbocycles. The number of nitrogens with two attached hydrogens (primary N) is 2. The van der Waals surface area contributed by atoms with Crippen molar-refractivity contribution in [3.63, 3.8) is 0 Å². The van der Waals surface area contributed by atoms with Crippen LogP contribution in [0.2, 0.25) is 0 Å². The van der Waals surface area contributed by atoms with Gasteiger partial charge >= 0.3 is 0 Å². The zero-order chi connectivity index (χ0) is 11.7. The fraction of sp³-hybridized carbons (Fsp3) is 0.429. The van der Waals surface area contributed by atoms with Crippen LogP contribution in [0.1, 0.15) is 33.1 Å². The molecule has 0 aliphatic heterocycles. The maximum atomic E-state index is 5.85. The lowest BCUT2D eigenvalue weighted by atomic mass is 9.81. The lowest BCUT2D eigenvalue weighted by Gasteiger charge is -2.25. The van der Waals surface area contributed by atoms with Crippen molar-refractivity contribution in [3.05, 3.63) is 46.3 Å². The summed E-state index contributed by atoms with van der Waals surface area (Å²) in [4.78, 5) is 0. The Kier molecular flexibility index (Phi) is 2.90. The zero-order valence-corrected chi connectivity index (χ0v) is 10.1. The van der Waals surface area contributed by atoms with Crippen molar-refractivity contribution in [1.29, 1.82) is 0 Å². The summed E-state index contributed by atoms with van der Waals surface area (Å²) >= 11 is 0. The highest BCUT2D eigenvalue weighted by molar-refractivity contribution is 5.47. The molecule has 16 heavy (non-hydrogen) atoms. The summed E-state index contributed by atoms with van der Waals surface area (Å²) in [6.45, 7) is 4.39. The molecule has 0 heterocycles. The van der Waals surface area contributed by atoms with Gasteiger partial charge in [-0.3, -0.25) is 0 Å². The molecule has 0 aromatic heterocycles. The summed E-state index contributed by atoms with van der Waals surface area (Å²) in [6.07, 6.45) is 9.35. The highest BCUT2D eigenvalue weighted by Gasteiger charge is 2.20. The van der Waals surface area contributed by atoms with Crippen LogP contribution in [0.4, 0.5) is 0 Å². The molecule has 0 saturated carbocycles. The van der Waals surface area contributed by atoms with Crippen LogP contribution in [-0.2, 0) is 0 Å². The van der Waals surface area contributed by atoms with Crippen molar-refractivity contribution in [2.75, 3.05) is 0 Å². The standard InChI is InChI=1S/C14H20N2/c1-9-7-11(15)3-5-13(9)14-6-4-12(16)8-10(14)2/h3,5,8-9H,4,6-7,15-16H2,1-2H3. The third kappa shape index (κ3) is 2.06. The minimum Gasteiger partial charge on any atom is -0.402 e. The summed E-state index contributed by atoms with van der Waals surface area (Å²) in [5.74, 6) is 0.530. The van der Waals surface area contributed by atoms with Crippen LogP contribution in [0.3, 0.4) is 0 Å². The van der Waals surface area contributed by atoms with Crippen molar-refractivity contribution in [3.8, 4) is 0 Å². The van der Waals surface area contributed by atoms with E-state index in [0.29, 0.717) is 5.92 Å². The van der Waals surface area contributed by atoms with E-state index < -0.39 is 0 Å². The Morgan fingerprint density at radius 1 is 1.12 bits per heavy atom. The van der Waals surface area contributed by atoms with E-state index in [-0.39, 0.29) is 0 Å². The van der Waals surface area contributed by atoms with E-state index in [1.807, 2.05) is 6.08 Å². The molecule has 0 aromatic rings. The molecule has 0 fully saturated rings. The van der Waals surface area contributed by atoms with E-state index in [9.17, 15) is 0 Å². The first-order valence-corrected chi connectivity index (χ1v) is 5.90. The lowest BCUT2D eigenvalue weighted by Crippen LogP contribution is -2.14. The Morgan fingerprint density at radius 2 is 1.88 bits per heavy atom. The molecule has 2 rings (SSSR count). The summed E-state index contributed by atoms with van der Waals surface area (Å²) in [5.41, 5.74) is 17.9. The molecule has 0 spiro atoms. The minimum absolute atomic E-state index is 0.530. The van der Waals surface area contributed by atoms with Crippen LogP contribution in [0.15, 0.2) is 46.3 Å².